The van der Waals surface area contributed by atoms with E-state index in [9.17, 15) is 9.59 Å². The Balaban J connectivity index is 2.66. The van der Waals surface area contributed by atoms with Crippen molar-refractivity contribution in [2.45, 2.75) is 45.4 Å². The van der Waals surface area contributed by atoms with Crippen molar-refractivity contribution in [3.63, 3.8) is 0 Å². The third kappa shape index (κ3) is 3.38. The highest BCUT2D eigenvalue weighted by molar-refractivity contribution is 7.80. The van der Waals surface area contributed by atoms with Crippen molar-refractivity contribution >= 4 is 24.5 Å². The average Bonchev–Trinajstić information content (AvgIpc) is 2.52. The molecule has 1 rings (SSSR count). The molecule has 0 aromatic rings. The number of nitrogens with one attached hydrogen (secondary N) is 1. The van der Waals surface area contributed by atoms with Crippen molar-refractivity contribution < 1.29 is 19.4 Å². The average molecular weight is 275 g/mol. The number of ether oxygens (including phenoxy) is 1. The van der Waals surface area contributed by atoms with Gasteiger partial charge in [-0.2, -0.15) is 12.6 Å². The van der Waals surface area contributed by atoms with E-state index in [2.05, 4.69) is 17.9 Å². The van der Waals surface area contributed by atoms with E-state index in [1.54, 1.807) is 0 Å². The lowest BCUT2D eigenvalue weighted by Crippen LogP contribution is -2.46. The molecule has 18 heavy (non-hydrogen) atoms. The molecule has 6 heteroatoms. The highest BCUT2D eigenvalue weighted by atomic mass is 32.1. The molecule has 5 atom stereocenters. The van der Waals surface area contributed by atoms with Gasteiger partial charge in [0.15, 0.2) is 0 Å². The third-order valence-electron chi connectivity index (χ3n) is 3.58. The van der Waals surface area contributed by atoms with Crippen molar-refractivity contribution in [3.05, 3.63) is 0 Å². The summed E-state index contributed by atoms with van der Waals surface area (Å²) in [4.78, 5) is 23.1. The van der Waals surface area contributed by atoms with E-state index in [0.29, 0.717) is 12.2 Å². The maximum Gasteiger partial charge on any atom is 0.326 e. The number of carboxylic acids is 1. The molecule has 1 aliphatic rings. The molecule has 0 spiro atoms. The number of rotatable bonds is 5. The number of carbonyl (C=O) groups excluding carboxylic acids is 1. The van der Waals surface area contributed by atoms with Crippen molar-refractivity contribution in [2.24, 2.45) is 11.8 Å². The summed E-state index contributed by atoms with van der Waals surface area (Å²) in [6, 6.07) is -0.870. The van der Waals surface area contributed by atoms with Crippen LogP contribution in [0.3, 0.4) is 0 Å². The van der Waals surface area contributed by atoms with E-state index in [1.807, 2.05) is 20.8 Å². The topological polar surface area (TPSA) is 75.6 Å². The normalized spacial score (nSPS) is 33.1. The quantitative estimate of drug-likeness (QED) is 0.653. The molecule has 0 aromatic carbocycles. The van der Waals surface area contributed by atoms with Gasteiger partial charge in [-0.1, -0.05) is 6.92 Å². The van der Waals surface area contributed by atoms with Gasteiger partial charge in [0.25, 0.3) is 0 Å². The van der Waals surface area contributed by atoms with E-state index < -0.39 is 12.0 Å². The monoisotopic (exact) mass is 275 g/mol. The number of carboxylic acid groups (broad SMARTS) is 1. The molecular formula is C12H21NO4S. The van der Waals surface area contributed by atoms with Crippen molar-refractivity contribution in [1.82, 2.24) is 5.32 Å². The van der Waals surface area contributed by atoms with Crippen molar-refractivity contribution in [1.29, 1.82) is 0 Å². The fourth-order valence-electron chi connectivity index (χ4n) is 2.37. The van der Waals surface area contributed by atoms with E-state index in [0.717, 1.165) is 0 Å². The zero-order valence-electron chi connectivity index (χ0n) is 10.9. The summed E-state index contributed by atoms with van der Waals surface area (Å²) in [6.45, 7) is 5.72. The fraction of sp³-hybridized carbons (Fsp3) is 0.833. The summed E-state index contributed by atoms with van der Waals surface area (Å²) in [6.07, 6.45) is 0.153. The van der Waals surface area contributed by atoms with Crippen LogP contribution < -0.4 is 5.32 Å². The molecule has 1 fully saturated rings. The van der Waals surface area contributed by atoms with Gasteiger partial charge in [0.2, 0.25) is 5.91 Å². The van der Waals surface area contributed by atoms with Crippen LogP contribution in [0.15, 0.2) is 0 Å². The van der Waals surface area contributed by atoms with Crippen molar-refractivity contribution in [3.8, 4) is 0 Å². The molecule has 0 bridgehead atoms. The number of carbonyl (C=O) groups is 2. The highest BCUT2D eigenvalue weighted by Gasteiger charge is 2.42. The van der Waals surface area contributed by atoms with Crippen LogP contribution in [0.5, 0.6) is 0 Å². The Morgan fingerprint density at radius 2 is 1.94 bits per heavy atom. The van der Waals surface area contributed by atoms with Crippen molar-refractivity contribution in [2.75, 3.05) is 5.75 Å². The summed E-state index contributed by atoms with van der Waals surface area (Å²) < 4.78 is 5.59. The van der Waals surface area contributed by atoms with Gasteiger partial charge in [0, 0.05) is 0 Å². The van der Waals surface area contributed by atoms with Gasteiger partial charge >= 0.3 is 5.97 Å². The SMILES string of the molecule is CC1OC(C)C(C(=O)NC(CCS)C(=O)O)C1C. The Morgan fingerprint density at radius 3 is 2.33 bits per heavy atom. The minimum atomic E-state index is -1.02. The maximum absolute atomic E-state index is 12.1. The van der Waals surface area contributed by atoms with Crippen LogP contribution in [0, 0.1) is 11.8 Å². The van der Waals surface area contributed by atoms with E-state index in [-0.39, 0.29) is 30.0 Å². The van der Waals surface area contributed by atoms with Crippen LogP contribution in [-0.2, 0) is 14.3 Å². The van der Waals surface area contributed by atoms with Crippen LogP contribution >= 0.6 is 12.6 Å². The minimum absolute atomic E-state index is 0.0175. The maximum atomic E-state index is 12.1. The Morgan fingerprint density at radius 1 is 1.33 bits per heavy atom. The molecule has 1 amide bonds. The molecule has 0 aromatic heterocycles. The molecule has 1 heterocycles. The summed E-state index contributed by atoms with van der Waals surface area (Å²) in [7, 11) is 0. The second kappa shape index (κ2) is 6.43. The minimum Gasteiger partial charge on any atom is -0.480 e. The first-order valence-corrected chi connectivity index (χ1v) is 6.81. The summed E-state index contributed by atoms with van der Waals surface area (Å²) >= 11 is 4.00. The van der Waals surface area contributed by atoms with Gasteiger partial charge in [0.05, 0.1) is 18.1 Å². The summed E-state index contributed by atoms with van der Waals surface area (Å²) in [5.74, 6) is -1.05. The van der Waals surface area contributed by atoms with Gasteiger partial charge in [0.1, 0.15) is 6.04 Å². The van der Waals surface area contributed by atoms with Gasteiger partial charge in [-0.25, -0.2) is 4.79 Å². The lowest BCUT2D eigenvalue weighted by Gasteiger charge is -2.21. The summed E-state index contributed by atoms with van der Waals surface area (Å²) in [5.41, 5.74) is 0. The van der Waals surface area contributed by atoms with Crippen LogP contribution in [-0.4, -0.2) is 41.0 Å². The smallest absolute Gasteiger partial charge is 0.326 e. The number of hydrogen-bond donors (Lipinski definition) is 3. The second-order valence-corrected chi connectivity index (χ2v) is 5.29. The number of aliphatic carboxylic acids is 1. The molecule has 5 nitrogen and oxygen atoms in total. The zero-order chi connectivity index (χ0) is 13.9. The lowest BCUT2D eigenvalue weighted by molar-refractivity contribution is -0.143. The highest BCUT2D eigenvalue weighted by Crippen LogP contribution is 2.32. The predicted molar refractivity (Wildman–Crippen MR) is 70.7 cm³/mol. The van der Waals surface area contributed by atoms with Gasteiger partial charge in [-0.15, -0.1) is 0 Å². The third-order valence-corrected chi connectivity index (χ3v) is 3.84. The van der Waals surface area contributed by atoms with Crippen LogP contribution in [0.4, 0.5) is 0 Å². The van der Waals surface area contributed by atoms with Crippen LogP contribution in [0.25, 0.3) is 0 Å². The fourth-order valence-corrected chi connectivity index (χ4v) is 2.63. The second-order valence-electron chi connectivity index (χ2n) is 4.84. The van der Waals surface area contributed by atoms with Gasteiger partial charge in [-0.05, 0) is 31.9 Å². The molecule has 0 radical (unpaired) electrons. The Bertz CT molecular complexity index is 323. The first-order valence-electron chi connectivity index (χ1n) is 6.18. The number of hydrogen-bond acceptors (Lipinski definition) is 4. The van der Waals surface area contributed by atoms with E-state index in [4.69, 9.17) is 9.84 Å². The van der Waals surface area contributed by atoms with Crippen LogP contribution in [0.1, 0.15) is 27.2 Å². The zero-order valence-corrected chi connectivity index (χ0v) is 11.8. The number of amides is 1. The lowest BCUT2D eigenvalue weighted by atomic mass is 9.88. The first-order chi connectivity index (χ1) is 8.38. The Labute approximate surface area is 113 Å². The van der Waals surface area contributed by atoms with Crippen LogP contribution in [0.2, 0.25) is 0 Å². The molecule has 0 saturated carbocycles. The first kappa shape index (κ1) is 15.3. The Hall–Kier alpha value is -0.750. The van der Waals surface area contributed by atoms with E-state index in [1.165, 1.54) is 0 Å². The van der Waals surface area contributed by atoms with Gasteiger partial charge in [-0.3, -0.25) is 4.79 Å². The molecule has 1 saturated heterocycles. The largest absolute Gasteiger partial charge is 0.480 e. The molecular weight excluding hydrogens is 254 g/mol. The molecule has 1 aliphatic heterocycles. The molecule has 104 valence electrons. The molecule has 5 unspecified atom stereocenters. The van der Waals surface area contributed by atoms with E-state index >= 15 is 0 Å². The standard InChI is InChI=1S/C12H21NO4S/c1-6-7(2)17-8(3)10(6)11(14)13-9(4-5-18)12(15)16/h6-10,18H,4-5H2,1-3H3,(H,13,14)(H,15,16). The summed E-state index contributed by atoms with van der Waals surface area (Å²) in [5, 5.41) is 11.6. The van der Waals surface area contributed by atoms with Gasteiger partial charge < -0.3 is 15.2 Å². The molecule has 2 N–H and O–H groups in total. The predicted octanol–water partition coefficient (Wildman–Crippen LogP) is 0.935. The number of thiol groups is 1. The Kier molecular flexibility index (Phi) is 5.47. The molecule has 0 aliphatic carbocycles.